The summed E-state index contributed by atoms with van der Waals surface area (Å²) in [5, 5.41) is 21.6. The Morgan fingerprint density at radius 3 is 1.70 bits per heavy atom. The van der Waals surface area contributed by atoms with E-state index in [1.165, 1.54) is 90.4 Å². The third-order valence-electron chi connectivity index (χ3n) is 5.06. The lowest BCUT2D eigenvalue weighted by atomic mass is 10.0. The zero-order chi connectivity index (χ0) is 20.2. The van der Waals surface area contributed by atoms with Crippen LogP contribution in [0.1, 0.15) is 110 Å². The summed E-state index contributed by atoms with van der Waals surface area (Å²) in [5.41, 5.74) is 0. The first-order valence-electron chi connectivity index (χ1n) is 11.3. The van der Waals surface area contributed by atoms with E-state index in [0.717, 1.165) is 12.8 Å². The molecule has 0 aromatic rings. The second-order valence-corrected chi connectivity index (χ2v) is 7.79. The first kappa shape index (κ1) is 26.1. The van der Waals surface area contributed by atoms with E-state index in [0.29, 0.717) is 0 Å². The van der Waals surface area contributed by atoms with Crippen LogP contribution in [0.2, 0.25) is 0 Å². The zero-order valence-electron chi connectivity index (χ0n) is 17.9. The molecule has 27 heavy (non-hydrogen) atoms. The van der Waals surface area contributed by atoms with Crippen LogP contribution in [0.25, 0.3) is 0 Å². The van der Waals surface area contributed by atoms with Gasteiger partial charge in [-0.15, -0.1) is 0 Å². The number of aliphatic hydroxyl groups is 2. The highest BCUT2D eigenvalue weighted by molar-refractivity contribution is 5.73. The smallest absolute Gasteiger partial charge is 0.217 e. The Bertz CT molecular complexity index is 358. The van der Waals surface area contributed by atoms with Crippen molar-refractivity contribution in [3.63, 3.8) is 0 Å². The monoisotopic (exact) mass is 383 g/mol. The molecule has 0 fully saturated rings. The number of nitrogens with one attached hydrogen (secondary N) is 1. The van der Waals surface area contributed by atoms with Crippen molar-refractivity contribution in [3.8, 4) is 0 Å². The van der Waals surface area contributed by atoms with Crippen LogP contribution in [-0.2, 0) is 4.79 Å². The van der Waals surface area contributed by atoms with Crippen molar-refractivity contribution in [1.82, 2.24) is 5.32 Å². The molecule has 0 aliphatic rings. The van der Waals surface area contributed by atoms with Gasteiger partial charge in [0.05, 0.1) is 18.8 Å². The number of unbranched alkanes of at least 4 members (excludes halogenated alkanes) is 14. The molecular formula is C23H45NO3. The Hall–Kier alpha value is -0.870. The number of rotatable bonds is 19. The van der Waals surface area contributed by atoms with Gasteiger partial charge in [-0.1, -0.05) is 103 Å². The third-order valence-corrected chi connectivity index (χ3v) is 5.06. The maximum absolute atomic E-state index is 11.0. The third kappa shape index (κ3) is 18.3. The fraction of sp³-hybridized carbons (Fsp3) is 0.870. The molecule has 1 amide bonds. The molecule has 0 aliphatic carbocycles. The number of amides is 1. The van der Waals surface area contributed by atoms with Gasteiger partial charge in [0, 0.05) is 6.92 Å². The van der Waals surface area contributed by atoms with Crippen molar-refractivity contribution >= 4 is 5.91 Å². The van der Waals surface area contributed by atoms with Gasteiger partial charge in [-0.2, -0.15) is 0 Å². The summed E-state index contributed by atoms with van der Waals surface area (Å²) in [5.74, 6) is -0.242. The van der Waals surface area contributed by atoms with E-state index >= 15 is 0 Å². The lowest BCUT2D eigenvalue weighted by Crippen LogP contribution is -2.44. The topological polar surface area (TPSA) is 69.6 Å². The first-order chi connectivity index (χ1) is 13.1. The molecule has 2 unspecified atom stereocenters. The molecule has 4 nitrogen and oxygen atoms in total. The molecular weight excluding hydrogens is 338 g/mol. The SMILES string of the molecule is CCCCCCCCCCCCCCCC/C=C/C(O)C(CO)NC(C)=O. The molecule has 4 heteroatoms. The van der Waals surface area contributed by atoms with Crippen molar-refractivity contribution in [1.29, 1.82) is 0 Å². The Balaban J connectivity index is 3.38. The molecule has 0 spiro atoms. The average Bonchev–Trinajstić information content (AvgIpc) is 2.65. The second-order valence-electron chi connectivity index (χ2n) is 7.79. The molecule has 2 atom stereocenters. The Labute approximate surface area is 167 Å². The molecule has 0 heterocycles. The van der Waals surface area contributed by atoms with E-state index in [-0.39, 0.29) is 12.5 Å². The number of carbonyl (C=O) groups is 1. The van der Waals surface area contributed by atoms with Crippen molar-refractivity contribution < 1.29 is 15.0 Å². The maximum Gasteiger partial charge on any atom is 0.217 e. The van der Waals surface area contributed by atoms with Gasteiger partial charge in [0.1, 0.15) is 0 Å². The van der Waals surface area contributed by atoms with E-state index in [1.54, 1.807) is 6.08 Å². The van der Waals surface area contributed by atoms with Crippen molar-refractivity contribution in [2.75, 3.05) is 6.61 Å². The van der Waals surface area contributed by atoms with Crippen molar-refractivity contribution in [2.24, 2.45) is 0 Å². The molecule has 0 saturated carbocycles. The summed E-state index contributed by atoms with van der Waals surface area (Å²) in [6.45, 7) is 3.39. The number of allylic oxidation sites excluding steroid dienone is 1. The van der Waals surface area contributed by atoms with Gasteiger partial charge >= 0.3 is 0 Å². The van der Waals surface area contributed by atoms with E-state index < -0.39 is 12.1 Å². The Kier molecular flexibility index (Phi) is 19.2. The molecule has 0 saturated heterocycles. The maximum atomic E-state index is 11.0. The van der Waals surface area contributed by atoms with Crippen LogP contribution in [-0.4, -0.2) is 34.9 Å². The number of hydrogen-bond acceptors (Lipinski definition) is 3. The normalized spacial score (nSPS) is 13.8. The van der Waals surface area contributed by atoms with Gasteiger partial charge in [0.25, 0.3) is 0 Å². The predicted octanol–water partition coefficient (Wildman–Crippen LogP) is 5.27. The molecule has 160 valence electrons. The molecule has 0 rings (SSSR count). The lowest BCUT2D eigenvalue weighted by molar-refractivity contribution is -0.120. The molecule has 0 aromatic heterocycles. The fourth-order valence-corrected chi connectivity index (χ4v) is 3.33. The van der Waals surface area contributed by atoms with Crippen LogP contribution < -0.4 is 5.32 Å². The van der Waals surface area contributed by atoms with E-state index in [2.05, 4.69) is 12.2 Å². The number of hydrogen-bond donors (Lipinski definition) is 3. The van der Waals surface area contributed by atoms with Gasteiger partial charge in [0.15, 0.2) is 0 Å². The highest BCUT2D eigenvalue weighted by Gasteiger charge is 2.15. The molecule has 0 aliphatic heterocycles. The zero-order valence-corrected chi connectivity index (χ0v) is 17.9. The van der Waals surface area contributed by atoms with Gasteiger partial charge in [0.2, 0.25) is 5.91 Å². The summed E-state index contributed by atoms with van der Waals surface area (Å²) in [6, 6.07) is -0.616. The first-order valence-corrected chi connectivity index (χ1v) is 11.3. The van der Waals surface area contributed by atoms with Gasteiger partial charge in [-0.3, -0.25) is 4.79 Å². The van der Waals surface area contributed by atoms with Crippen molar-refractivity contribution in [3.05, 3.63) is 12.2 Å². The van der Waals surface area contributed by atoms with Crippen LogP contribution in [0.4, 0.5) is 0 Å². The van der Waals surface area contributed by atoms with Gasteiger partial charge in [-0.05, 0) is 12.8 Å². The van der Waals surface area contributed by atoms with Crippen LogP contribution in [0, 0.1) is 0 Å². The van der Waals surface area contributed by atoms with Crippen LogP contribution in [0.5, 0.6) is 0 Å². The van der Waals surface area contributed by atoms with E-state index in [1.807, 2.05) is 6.08 Å². The fourth-order valence-electron chi connectivity index (χ4n) is 3.33. The Morgan fingerprint density at radius 1 is 0.852 bits per heavy atom. The largest absolute Gasteiger partial charge is 0.394 e. The quantitative estimate of drug-likeness (QED) is 0.210. The minimum absolute atomic E-state index is 0.242. The summed E-state index contributed by atoms with van der Waals surface area (Å²) in [4.78, 5) is 11.0. The van der Waals surface area contributed by atoms with Gasteiger partial charge in [-0.25, -0.2) is 0 Å². The minimum atomic E-state index is -0.828. The highest BCUT2D eigenvalue weighted by atomic mass is 16.3. The molecule has 0 bridgehead atoms. The standard InChI is InChI=1S/C23H45NO3/c1-3-4-5-6-7-8-9-10-11-12-13-14-15-16-17-18-19-23(27)22(20-25)24-21(2)26/h18-19,22-23,25,27H,3-17,20H2,1-2H3,(H,24,26)/b19-18+. The predicted molar refractivity (Wildman–Crippen MR) is 115 cm³/mol. The average molecular weight is 384 g/mol. The molecule has 0 radical (unpaired) electrons. The van der Waals surface area contributed by atoms with Crippen molar-refractivity contribution in [2.45, 2.75) is 122 Å². The molecule has 3 N–H and O–H groups in total. The van der Waals surface area contributed by atoms with E-state index in [9.17, 15) is 15.0 Å². The van der Waals surface area contributed by atoms with E-state index in [4.69, 9.17) is 0 Å². The number of aliphatic hydroxyl groups excluding tert-OH is 2. The highest BCUT2D eigenvalue weighted by Crippen LogP contribution is 2.13. The van der Waals surface area contributed by atoms with Crippen LogP contribution in [0.3, 0.4) is 0 Å². The number of carbonyl (C=O) groups excluding carboxylic acids is 1. The summed E-state index contributed by atoms with van der Waals surface area (Å²) < 4.78 is 0. The Morgan fingerprint density at radius 2 is 1.30 bits per heavy atom. The summed E-state index contributed by atoms with van der Waals surface area (Å²) in [6.07, 6.45) is 22.7. The second kappa shape index (κ2) is 19.9. The van der Waals surface area contributed by atoms with Crippen LogP contribution in [0.15, 0.2) is 12.2 Å². The lowest BCUT2D eigenvalue weighted by Gasteiger charge is -2.18. The summed E-state index contributed by atoms with van der Waals surface area (Å²) >= 11 is 0. The molecule has 0 aromatic carbocycles. The minimum Gasteiger partial charge on any atom is -0.394 e. The summed E-state index contributed by atoms with van der Waals surface area (Å²) in [7, 11) is 0. The van der Waals surface area contributed by atoms with Crippen LogP contribution >= 0.6 is 0 Å². The van der Waals surface area contributed by atoms with Gasteiger partial charge < -0.3 is 15.5 Å².